The summed E-state index contributed by atoms with van der Waals surface area (Å²) in [6.07, 6.45) is -2.90. The van der Waals surface area contributed by atoms with Gasteiger partial charge in [0, 0.05) is 0 Å². The van der Waals surface area contributed by atoms with Crippen molar-refractivity contribution in [1.82, 2.24) is 0 Å². The quantitative estimate of drug-likeness (QED) is 0.489. The smallest absolute Gasteiger partial charge is 0.164 e. The number of hydrogen-bond donors (Lipinski definition) is 0. The molecule has 3 fully saturated rings. The summed E-state index contributed by atoms with van der Waals surface area (Å²) in [5, 5.41) is 0. The molecular formula is C33H46O10. The minimum Gasteiger partial charge on any atom is -0.377 e. The van der Waals surface area contributed by atoms with Crippen LogP contribution >= 0.6 is 0 Å². The van der Waals surface area contributed by atoms with E-state index >= 15 is 0 Å². The van der Waals surface area contributed by atoms with Gasteiger partial charge in [-0.3, -0.25) is 0 Å². The van der Waals surface area contributed by atoms with E-state index in [-0.39, 0.29) is 0 Å². The lowest BCUT2D eigenvalue weighted by atomic mass is 9.84. The van der Waals surface area contributed by atoms with Crippen LogP contribution in [0.15, 0.2) is 60.7 Å². The number of fused-ring (bicyclic) bond motifs is 2. The third-order valence-electron chi connectivity index (χ3n) is 7.55. The Morgan fingerprint density at radius 2 is 0.860 bits per heavy atom. The van der Waals surface area contributed by atoms with Gasteiger partial charge in [0.2, 0.25) is 0 Å². The molecule has 0 unspecified atom stereocenters. The van der Waals surface area contributed by atoms with E-state index < -0.39 is 42.4 Å². The summed E-state index contributed by atoms with van der Waals surface area (Å²) in [7, 11) is 0. The van der Waals surface area contributed by atoms with Crippen LogP contribution in [0.5, 0.6) is 0 Å². The standard InChI is InChI=1S/C33H46O10/c1-33(2)42-31-29(40-23-25-9-5-3-6-10-25)27-28(30(32(31)43-33)41-24-26-11-7-4-8-12-26)39-22-20-37-18-16-35-14-13-34-15-17-36-19-21-38-27/h3-12,27-32H,13-24H2,1-2H3/t27-,28-,29+,30+,31-,32+/m1/s1. The van der Waals surface area contributed by atoms with Crippen LogP contribution in [0.4, 0.5) is 0 Å². The number of hydrogen-bond acceptors (Lipinski definition) is 10. The molecule has 0 aromatic heterocycles. The van der Waals surface area contributed by atoms with Crippen LogP contribution < -0.4 is 0 Å². The van der Waals surface area contributed by atoms with Crippen molar-refractivity contribution in [2.75, 3.05) is 66.1 Å². The molecule has 0 amide bonds. The molecule has 6 atom stereocenters. The Hall–Kier alpha value is -1.96. The highest BCUT2D eigenvalue weighted by Crippen LogP contribution is 2.42. The lowest BCUT2D eigenvalue weighted by Gasteiger charge is -2.46. The molecule has 10 heteroatoms. The Bertz CT molecular complexity index is 957. The number of rotatable bonds is 6. The SMILES string of the molecule is CC1(C)O[C@@H]2[C@@H](OCc3ccccc3)[C@@H]3OCCOCCOCCOCCOCCO[C@H]3[C@H](OCc3ccccc3)[C@@H]2O1. The first kappa shape index (κ1) is 32.4. The fourth-order valence-electron chi connectivity index (χ4n) is 5.61. The molecule has 1 aliphatic carbocycles. The largest absolute Gasteiger partial charge is 0.377 e. The number of benzene rings is 2. The molecule has 1 saturated carbocycles. The monoisotopic (exact) mass is 602 g/mol. The van der Waals surface area contributed by atoms with Crippen LogP contribution in [0.2, 0.25) is 0 Å². The first-order valence-corrected chi connectivity index (χ1v) is 15.3. The normalized spacial score (nSPS) is 31.3. The molecule has 2 aromatic rings. The van der Waals surface area contributed by atoms with Gasteiger partial charge in [0.15, 0.2) is 5.79 Å². The predicted octanol–water partition coefficient (Wildman–Crippen LogP) is 3.54. The van der Waals surface area contributed by atoms with Gasteiger partial charge < -0.3 is 47.4 Å². The molecule has 2 heterocycles. The molecule has 0 spiro atoms. The van der Waals surface area contributed by atoms with Crippen LogP contribution in [0.3, 0.4) is 0 Å². The molecule has 10 nitrogen and oxygen atoms in total. The first-order valence-electron chi connectivity index (χ1n) is 15.3. The molecule has 0 N–H and O–H groups in total. The van der Waals surface area contributed by atoms with Crippen LogP contribution in [0.25, 0.3) is 0 Å². The highest BCUT2D eigenvalue weighted by atomic mass is 16.8. The fraction of sp³-hybridized carbons (Fsp3) is 0.636. The van der Waals surface area contributed by atoms with E-state index in [1.54, 1.807) is 0 Å². The maximum Gasteiger partial charge on any atom is 0.164 e. The van der Waals surface area contributed by atoms with Crippen molar-refractivity contribution in [2.45, 2.75) is 69.5 Å². The zero-order valence-electron chi connectivity index (χ0n) is 25.3. The van der Waals surface area contributed by atoms with E-state index in [4.69, 9.17) is 47.4 Å². The summed E-state index contributed by atoms with van der Waals surface area (Å²) in [4.78, 5) is 0. The van der Waals surface area contributed by atoms with E-state index in [1.165, 1.54) is 0 Å². The highest BCUT2D eigenvalue weighted by molar-refractivity contribution is 5.15. The molecule has 5 rings (SSSR count). The second-order valence-electron chi connectivity index (χ2n) is 11.2. The Labute approximate surface area is 254 Å². The maximum atomic E-state index is 6.62. The highest BCUT2D eigenvalue weighted by Gasteiger charge is 2.60. The van der Waals surface area contributed by atoms with E-state index in [0.29, 0.717) is 79.3 Å². The van der Waals surface area contributed by atoms with Gasteiger partial charge in [0.05, 0.1) is 79.3 Å². The summed E-state index contributed by atoms with van der Waals surface area (Å²) in [5.74, 6) is -0.837. The Balaban J connectivity index is 1.39. The van der Waals surface area contributed by atoms with Crippen LogP contribution in [0, 0.1) is 0 Å². The summed E-state index contributed by atoms with van der Waals surface area (Å²) in [5.41, 5.74) is 2.10. The molecule has 2 aliphatic heterocycles. The average molecular weight is 603 g/mol. The maximum absolute atomic E-state index is 6.62. The van der Waals surface area contributed by atoms with Gasteiger partial charge in [0.1, 0.15) is 36.6 Å². The molecule has 0 radical (unpaired) electrons. The van der Waals surface area contributed by atoms with Gasteiger partial charge >= 0.3 is 0 Å². The molecule has 238 valence electrons. The lowest BCUT2D eigenvalue weighted by molar-refractivity contribution is -0.251. The number of ether oxygens (including phenoxy) is 10. The second-order valence-corrected chi connectivity index (χ2v) is 11.2. The van der Waals surface area contributed by atoms with Gasteiger partial charge in [0.25, 0.3) is 0 Å². The van der Waals surface area contributed by atoms with Crippen molar-refractivity contribution in [3.8, 4) is 0 Å². The van der Waals surface area contributed by atoms with Gasteiger partial charge in [-0.15, -0.1) is 0 Å². The van der Waals surface area contributed by atoms with Crippen molar-refractivity contribution in [3.05, 3.63) is 71.8 Å². The molecular weight excluding hydrogens is 556 g/mol. The molecule has 2 aromatic carbocycles. The third-order valence-corrected chi connectivity index (χ3v) is 7.55. The van der Waals surface area contributed by atoms with E-state index in [1.807, 2.05) is 74.5 Å². The van der Waals surface area contributed by atoms with Gasteiger partial charge in [-0.05, 0) is 25.0 Å². The zero-order chi connectivity index (χ0) is 29.7. The molecule has 2 saturated heterocycles. The summed E-state index contributed by atoms with van der Waals surface area (Å²) in [6, 6.07) is 20.1. The Morgan fingerprint density at radius 1 is 0.512 bits per heavy atom. The second kappa shape index (κ2) is 16.9. The lowest BCUT2D eigenvalue weighted by Crippen LogP contribution is -2.65. The summed E-state index contributed by atoms with van der Waals surface area (Å²) in [6.45, 7) is 8.98. The van der Waals surface area contributed by atoms with Crippen molar-refractivity contribution in [2.24, 2.45) is 0 Å². The summed E-state index contributed by atoms with van der Waals surface area (Å²) >= 11 is 0. The minimum absolute atomic E-state index is 0.336. The van der Waals surface area contributed by atoms with Gasteiger partial charge in [-0.1, -0.05) is 60.7 Å². The van der Waals surface area contributed by atoms with Crippen molar-refractivity contribution in [3.63, 3.8) is 0 Å². The first-order chi connectivity index (χ1) is 21.1. The molecule has 43 heavy (non-hydrogen) atoms. The van der Waals surface area contributed by atoms with Crippen molar-refractivity contribution >= 4 is 0 Å². The minimum atomic E-state index is -0.837. The average Bonchev–Trinajstić information content (AvgIpc) is 3.34. The third kappa shape index (κ3) is 9.76. The van der Waals surface area contributed by atoms with Crippen LogP contribution in [-0.4, -0.2) is 108 Å². The van der Waals surface area contributed by atoms with Crippen molar-refractivity contribution < 1.29 is 47.4 Å². The predicted molar refractivity (Wildman–Crippen MR) is 157 cm³/mol. The van der Waals surface area contributed by atoms with Crippen molar-refractivity contribution in [1.29, 1.82) is 0 Å². The Kier molecular flexibility index (Phi) is 12.8. The van der Waals surface area contributed by atoms with Crippen LogP contribution in [-0.2, 0) is 60.6 Å². The van der Waals surface area contributed by atoms with Gasteiger partial charge in [-0.2, -0.15) is 0 Å². The molecule has 3 aliphatic rings. The fourth-order valence-corrected chi connectivity index (χ4v) is 5.61. The topological polar surface area (TPSA) is 92.3 Å². The van der Waals surface area contributed by atoms with E-state index in [2.05, 4.69) is 0 Å². The molecule has 0 bridgehead atoms. The van der Waals surface area contributed by atoms with E-state index in [9.17, 15) is 0 Å². The Morgan fingerprint density at radius 3 is 1.23 bits per heavy atom. The summed E-state index contributed by atoms with van der Waals surface area (Å²) < 4.78 is 62.1. The van der Waals surface area contributed by atoms with Crippen LogP contribution in [0.1, 0.15) is 25.0 Å². The zero-order valence-corrected chi connectivity index (χ0v) is 25.3. The van der Waals surface area contributed by atoms with Gasteiger partial charge in [-0.25, -0.2) is 0 Å². The van der Waals surface area contributed by atoms with E-state index in [0.717, 1.165) is 11.1 Å².